The Balaban J connectivity index is 2.09. The lowest BCUT2D eigenvalue weighted by Gasteiger charge is -2.30. The molecule has 0 saturated heterocycles. The summed E-state index contributed by atoms with van der Waals surface area (Å²) in [5.74, 6) is 0.701. The Morgan fingerprint density at radius 1 is 1.36 bits per heavy atom. The third-order valence-electron chi connectivity index (χ3n) is 3.87. The van der Waals surface area contributed by atoms with Crippen LogP contribution in [0.3, 0.4) is 0 Å². The second-order valence-electron chi connectivity index (χ2n) is 6.22. The fraction of sp³-hybridized carbons (Fsp3) is 0.471. The van der Waals surface area contributed by atoms with Gasteiger partial charge in [0.2, 0.25) is 0 Å². The van der Waals surface area contributed by atoms with E-state index in [0.29, 0.717) is 24.6 Å². The van der Waals surface area contributed by atoms with Crippen LogP contribution in [0.4, 0.5) is 5.69 Å². The van der Waals surface area contributed by atoms with Crippen molar-refractivity contribution in [3.8, 4) is 11.6 Å². The highest BCUT2D eigenvalue weighted by molar-refractivity contribution is 7.93. The molecule has 0 amide bonds. The number of anilines is 1. The zero-order valence-corrected chi connectivity index (χ0v) is 15.7. The van der Waals surface area contributed by atoms with Crippen molar-refractivity contribution in [2.24, 2.45) is 0 Å². The van der Waals surface area contributed by atoms with E-state index in [1.54, 1.807) is 10.7 Å². The predicted molar refractivity (Wildman–Crippen MR) is 94.9 cm³/mol. The summed E-state index contributed by atoms with van der Waals surface area (Å²) in [5, 5.41) is 4.26. The van der Waals surface area contributed by atoms with Gasteiger partial charge in [0.15, 0.2) is 4.90 Å². The van der Waals surface area contributed by atoms with Crippen molar-refractivity contribution in [2.75, 3.05) is 17.5 Å². The van der Waals surface area contributed by atoms with Crippen molar-refractivity contribution in [1.29, 1.82) is 0 Å². The van der Waals surface area contributed by atoms with Crippen molar-refractivity contribution in [3.63, 3.8) is 0 Å². The maximum Gasteiger partial charge on any atom is 0.271 e. The number of nitrogens with zero attached hydrogens (tertiary/aromatic N) is 3. The Labute approximate surface area is 148 Å². The van der Waals surface area contributed by atoms with E-state index >= 15 is 0 Å². The molecule has 1 aromatic carbocycles. The van der Waals surface area contributed by atoms with E-state index in [9.17, 15) is 8.42 Å². The highest BCUT2D eigenvalue weighted by Gasteiger charge is 2.34. The van der Waals surface area contributed by atoms with E-state index in [1.165, 1.54) is 10.5 Å². The topological polar surface area (TPSA) is 73.7 Å². The quantitative estimate of drug-likeness (QED) is 0.814. The van der Waals surface area contributed by atoms with Gasteiger partial charge < -0.3 is 9.47 Å². The number of rotatable bonds is 5. The summed E-state index contributed by atoms with van der Waals surface area (Å²) in [7, 11) is -3.81. The smallest absolute Gasteiger partial charge is 0.271 e. The fourth-order valence-corrected chi connectivity index (χ4v) is 4.22. The molecule has 3 rings (SSSR count). The van der Waals surface area contributed by atoms with Crippen LogP contribution in [0.5, 0.6) is 11.6 Å². The van der Waals surface area contributed by atoms with Crippen molar-refractivity contribution in [2.45, 2.75) is 45.2 Å². The summed E-state index contributed by atoms with van der Waals surface area (Å²) in [5.41, 5.74) is 1.51. The molecule has 1 aliphatic rings. The van der Waals surface area contributed by atoms with Crippen molar-refractivity contribution < 1.29 is 17.9 Å². The third kappa shape index (κ3) is 3.30. The zero-order chi connectivity index (χ0) is 18.2. The summed E-state index contributed by atoms with van der Waals surface area (Å²) in [6.45, 7) is 8.61. The van der Waals surface area contributed by atoms with Crippen molar-refractivity contribution in [3.05, 3.63) is 30.0 Å². The highest BCUT2D eigenvalue weighted by Crippen LogP contribution is 2.37. The summed E-state index contributed by atoms with van der Waals surface area (Å²) in [6, 6.07) is 5.52. The maximum atomic E-state index is 13.3. The molecule has 0 spiro atoms. The average molecular weight is 365 g/mol. The molecule has 0 N–H and O–H groups in total. The van der Waals surface area contributed by atoms with Crippen LogP contribution < -0.4 is 13.8 Å². The molecule has 1 aromatic heterocycles. The Bertz CT molecular complexity index is 874. The molecule has 0 radical (unpaired) electrons. The number of ether oxygens (including phenoxy) is 2. The van der Waals surface area contributed by atoms with E-state index < -0.39 is 10.0 Å². The summed E-state index contributed by atoms with van der Waals surface area (Å²) in [6.07, 6.45) is 1.35. The summed E-state index contributed by atoms with van der Waals surface area (Å²) in [4.78, 5) is 0.0809. The number of aryl methyl sites for hydroxylation is 2. The molecule has 25 heavy (non-hydrogen) atoms. The van der Waals surface area contributed by atoms with E-state index in [-0.39, 0.29) is 23.4 Å². The fourth-order valence-electron chi connectivity index (χ4n) is 2.70. The SMILES string of the molecule is CCn1cc(S(=O)(=O)N2CCOc3ccc(C)cc32)c(OC(C)C)n1. The first kappa shape index (κ1) is 17.6. The van der Waals surface area contributed by atoms with Gasteiger partial charge in [0.25, 0.3) is 15.9 Å². The van der Waals surface area contributed by atoms with Gasteiger partial charge in [0, 0.05) is 12.7 Å². The first-order valence-corrected chi connectivity index (χ1v) is 9.77. The first-order chi connectivity index (χ1) is 11.8. The molecule has 0 saturated carbocycles. The van der Waals surface area contributed by atoms with Crippen LogP contribution in [-0.2, 0) is 16.6 Å². The largest absolute Gasteiger partial charge is 0.489 e. The van der Waals surface area contributed by atoms with Crippen LogP contribution in [0.15, 0.2) is 29.3 Å². The standard InChI is InChI=1S/C17H23N3O4S/c1-5-19-11-16(17(18-19)24-12(2)3)25(21,22)20-8-9-23-15-7-6-13(4)10-14(15)20/h6-7,10-12H,5,8-9H2,1-4H3. The lowest BCUT2D eigenvalue weighted by molar-refractivity contribution is 0.224. The minimum atomic E-state index is -3.81. The molecule has 2 heterocycles. The normalized spacial score (nSPS) is 14.4. The molecule has 0 fully saturated rings. The van der Waals surface area contributed by atoms with Gasteiger partial charge in [0.1, 0.15) is 12.4 Å². The van der Waals surface area contributed by atoms with Crippen molar-refractivity contribution in [1.82, 2.24) is 9.78 Å². The van der Waals surface area contributed by atoms with E-state index in [0.717, 1.165) is 5.56 Å². The lowest BCUT2D eigenvalue weighted by atomic mass is 10.2. The van der Waals surface area contributed by atoms with E-state index in [2.05, 4.69) is 5.10 Å². The number of benzene rings is 1. The number of fused-ring (bicyclic) bond motifs is 1. The van der Waals surface area contributed by atoms with Gasteiger partial charge in [-0.15, -0.1) is 5.10 Å². The van der Waals surface area contributed by atoms with Gasteiger partial charge >= 0.3 is 0 Å². The lowest BCUT2D eigenvalue weighted by Crippen LogP contribution is -2.38. The molecule has 0 bridgehead atoms. The van der Waals surface area contributed by atoms with Gasteiger partial charge in [-0.05, 0) is 45.4 Å². The number of hydrogen-bond donors (Lipinski definition) is 0. The monoisotopic (exact) mass is 365 g/mol. The summed E-state index contributed by atoms with van der Waals surface area (Å²) < 4.78 is 40.9. The van der Waals surface area contributed by atoms with Crippen LogP contribution in [-0.4, -0.2) is 37.5 Å². The van der Waals surface area contributed by atoms with Crippen LogP contribution in [0, 0.1) is 6.92 Å². The van der Waals surface area contributed by atoms with Crippen molar-refractivity contribution >= 4 is 15.7 Å². The Hall–Kier alpha value is -2.22. The van der Waals surface area contributed by atoms with Crippen LogP contribution in [0.25, 0.3) is 0 Å². The second kappa shape index (κ2) is 6.59. The molecular weight excluding hydrogens is 342 g/mol. The Morgan fingerprint density at radius 2 is 2.12 bits per heavy atom. The van der Waals surface area contributed by atoms with E-state index in [4.69, 9.17) is 9.47 Å². The number of aromatic nitrogens is 2. The molecule has 136 valence electrons. The van der Waals surface area contributed by atoms with Gasteiger partial charge in [-0.2, -0.15) is 0 Å². The molecule has 7 nitrogen and oxygen atoms in total. The van der Waals surface area contributed by atoms with Gasteiger partial charge in [-0.1, -0.05) is 6.07 Å². The van der Waals surface area contributed by atoms with Gasteiger partial charge in [-0.25, -0.2) is 8.42 Å². The molecule has 2 aromatic rings. The Morgan fingerprint density at radius 3 is 2.80 bits per heavy atom. The van der Waals surface area contributed by atoms with Gasteiger partial charge in [0.05, 0.1) is 18.3 Å². The molecule has 0 unspecified atom stereocenters. The zero-order valence-electron chi connectivity index (χ0n) is 14.9. The maximum absolute atomic E-state index is 13.3. The van der Waals surface area contributed by atoms with Gasteiger partial charge in [-0.3, -0.25) is 8.99 Å². The Kier molecular flexibility index (Phi) is 4.64. The third-order valence-corrected chi connectivity index (χ3v) is 5.67. The van der Waals surface area contributed by atoms with Crippen LogP contribution >= 0.6 is 0 Å². The molecule has 1 aliphatic heterocycles. The predicted octanol–water partition coefficient (Wildman–Crippen LogP) is 2.59. The molecular formula is C17H23N3O4S. The van der Waals surface area contributed by atoms with Crippen LogP contribution in [0.2, 0.25) is 0 Å². The van der Waals surface area contributed by atoms with Crippen LogP contribution in [0.1, 0.15) is 26.3 Å². The second-order valence-corrected chi connectivity index (χ2v) is 8.05. The highest BCUT2D eigenvalue weighted by atomic mass is 32.2. The molecule has 0 aliphatic carbocycles. The number of hydrogen-bond acceptors (Lipinski definition) is 5. The molecule has 8 heteroatoms. The minimum absolute atomic E-state index is 0.0809. The molecule has 0 atom stereocenters. The first-order valence-electron chi connectivity index (χ1n) is 8.33. The average Bonchev–Trinajstić information content (AvgIpc) is 2.97. The number of sulfonamides is 1. The van der Waals surface area contributed by atoms with E-state index in [1.807, 2.05) is 39.8 Å². The summed E-state index contributed by atoms with van der Waals surface area (Å²) >= 11 is 0. The minimum Gasteiger partial charge on any atom is -0.489 e.